The van der Waals surface area contributed by atoms with Crippen molar-refractivity contribution in [3.05, 3.63) is 39.4 Å². The van der Waals surface area contributed by atoms with Gasteiger partial charge in [0.2, 0.25) is 0 Å². The number of hydrogen-bond acceptors (Lipinski definition) is 6. The lowest BCUT2D eigenvalue weighted by Gasteiger charge is -2.36. The van der Waals surface area contributed by atoms with Crippen LogP contribution in [0.5, 0.6) is 0 Å². The third-order valence-electron chi connectivity index (χ3n) is 4.20. The molecule has 2 N–H and O–H groups in total. The van der Waals surface area contributed by atoms with Crippen molar-refractivity contribution in [3.8, 4) is 0 Å². The molecule has 1 aromatic rings. The number of rotatable bonds is 2. The van der Waals surface area contributed by atoms with Crippen LogP contribution in [0, 0.1) is 27.7 Å². The van der Waals surface area contributed by atoms with E-state index in [1.165, 1.54) is 0 Å². The Kier molecular flexibility index (Phi) is 4.14. The minimum atomic E-state index is -4.76. The fraction of sp³-hybridized carbons (Fsp3) is 0.462. The molecule has 0 saturated carbocycles. The minimum absolute atomic E-state index is 0.131. The Morgan fingerprint density at radius 2 is 2.08 bits per heavy atom. The largest absolute Gasteiger partial charge is 0.415 e. The van der Waals surface area contributed by atoms with Crippen molar-refractivity contribution >= 4 is 22.6 Å². The van der Waals surface area contributed by atoms with Crippen molar-refractivity contribution in [1.29, 1.82) is 0 Å². The van der Waals surface area contributed by atoms with Gasteiger partial charge in [-0.05, 0) is 0 Å². The van der Waals surface area contributed by atoms with Crippen LogP contribution in [-0.4, -0.2) is 34.7 Å². The van der Waals surface area contributed by atoms with Crippen LogP contribution in [0.15, 0.2) is 17.1 Å². The molecule has 2 heterocycles. The Labute approximate surface area is 141 Å². The quantitative estimate of drug-likeness (QED) is 0.482. The number of non-ortho nitro benzene ring substituents is 1. The first-order chi connectivity index (χ1) is 11.6. The molecule has 136 valence electrons. The summed E-state index contributed by atoms with van der Waals surface area (Å²) in [6.45, 7) is -0.722. The van der Waals surface area contributed by atoms with E-state index in [-0.39, 0.29) is 10.9 Å². The summed E-state index contributed by atoms with van der Waals surface area (Å²) in [6, 6.07) is 1.03. The number of nitro benzene ring substituents is 1. The summed E-state index contributed by atoms with van der Waals surface area (Å²) in [4.78, 5) is 13.9. The van der Waals surface area contributed by atoms with Crippen molar-refractivity contribution in [2.75, 3.05) is 12.4 Å². The predicted octanol–water partition coefficient (Wildman–Crippen LogP) is 2.71. The number of nitro groups is 1. The van der Waals surface area contributed by atoms with E-state index in [1.54, 1.807) is 0 Å². The highest BCUT2D eigenvalue weighted by atomic mass is 32.2. The Bertz CT molecular complexity index is 772. The number of benzene rings is 1. The van der Waals surface area contributed by atoms with Gasteiger partial charge < -0.3 is 10.5 Å². The van der Waals surface area contributed by atoms with E-state index in [0.717, 1.165) is 11.8 Å². The zero-order valence-electron chi connectivity index (χ0n) is 12.2. The van der Waals surface area contributed by atoms with Crippen molar-refractivity contribution in [2.45, 2.75) is 17.8 Å². The zero-order valence-corrected chi connectivity index (χ0v) is 13.0. The molecule has 0 aliphatic carbocycles. The van der Waals surface area contributed by atoms with Crippen LogP contribution in [0.4, 0.5) is 27.6 Å². The van der Waals surface area contributed by atoms with Gasteiger partial charge in [-0.2, -0.15) is 13.2 Å². The second-order valence-corrected chi connectivity index (χ2v) is 6.65. The highest BCUT2D eigenvalue weighted by molar-refractivity contribution is 8.13. The topological polar surface area (TPSA) is 90.8 Å². The molecule has 3 atom stereocenters. The number of aliphatic imine (C=N–C) groups is 1. The molecule has 1 fully saturated rings. The lowest BCUT2D eigenvalue weighted by atomic mass is 9.78. The Morgan fingerprint density at radius 3 is 2.68 bits per heavy atom. The van der Waals surface area contributed by atoms with Crippen LogP contribution in [0.3, 0.4) is 0 Å². The van der Waals surface area contributed by atoms with E-state index in [2.05, 4.69) is 4.99 Å². The van der Waals surface area contributed by atoms with Gasteiger partial charge in [-0.1, -0.05) is 11.8 Å². The van der Waals surface area contributed by atoms with Crippen LogP contribution < -0.4 is 5.73 Å². The summed E-state index contributed by atoms with van der Waals surface area (Å²) < 4.78 is 72.6. The molecule has 6 nitrogen and oxygen atoms in total. The van der Waals surface area contributed by atoms with E-state index in [0.29, 0.717) is 12.1 Å². The first-order valence-corrected chi connectivity index (χ1v) is 7.85. The van der Waals surface area contributed by atoms with Crippen LogP contribution in [-0.2, 0) is 10.3 Å². The summed E-state index contributed by atoms with van der Waals surface area (Å²) in [5, 5.41) is 10.8. The molecule has 1 aromatic carbocycles. The van der Waals surface area contributed by atoms with E-state index >= 15 is 0 Å². The van der Waals surface area contributed by atoms with E-state index in [9.17, 15) is 32.1 Å². The van der Waals surface area contributed by atoms with Crippen LogP contribution in [0.25, 0.3) is 0 Å². The number of hydrogen-bond donors (Lipinski definition) is 1. The van der Waals surface area contributed by atoms with Crippen molar-refractivity contribution in [2.24, 2.45) is 16.6 Å². The zero-order chi connectivity index (χ0) is 18.6. The molecular weight excluding hydrogens is 373 g/mol. The summed E-state index contributed by atoms with van der Waals surface area (Å²) in [6.07, 6.45) is -7.02. The molecule has 12 heteroatoms. The Hall–Kier alpha value is -1.95. The molecule has 0 unspecified atom stereocenters. The predicted molar refractivity (Wildman–Crippen MR) is 78.1 cm³/mol. The maximum atomic E-state index is 14.4. The van der Waals surface area contributed by atoms with Gasteiger partial charge in [0.25, 0.3) is 5.69 Å². The smallest absolute Gasteiger partial charge is 0.379 e. The normalized spacial score (nSPS) is 29.2. The summed E-state index contributed by atoms with van der Waals surface area (Å²) in [5.41, 5.74) is 2.13. The average Bonchev–Trinajstić information content (AvgIpc) is 2.89. The molecule has 1 saturated heterocycles. The van der Waals surface area contributed by atoms with E-state index < -0.39 is 58.2 Å². The number of amidine groups is 1. The summed E-state index contributed by atoms with van der Waals surface area (Å²) >= 11 is 0.826. The van der Waals surface area contributed by atoms with Crippen LogP contribution in [0.2, 0.25) is 0 Å². The average molecular weight is 383 g/mol. The molecule has 0 bridgehead atoms. The van der Waals surface area contributed by atoms with Crippen molar-refractivity contribution < 1.29 is 31.6 Å². The van der Waals surface area contributed by atoms with Gasteiger partial charge in [-0.25, -0.2) is 13.8 Å². The lowest BCUT2D eigenvalue weighted by Crippen LogP contribution is -2.46. The number of ether oxygens (including phenoxy) is 1. The Morgan fingerprint density at radius 1 is 1.40 bits per heavy atom. The second kappa shape index (κ2) is 5.80. The van der Waals surface area contributed by atoms with Gasteiger partial charge in [0, 0.05) is 23.3 Å². The number of halogens is 5. The summed E-state index contributed by atoms with van der Waals surface area (Å²) in [5.74, 6) is -4.67. The molecule has 0 radical (unpaired) electrons. The van der Waals surface area contributed by atoms with Crippen molar-refractivity contribution in [3.63, 3.8) is 0 Å². The highest BCUT2D eigenvalue weighted by Crippen LogP contribution is 2.52. The second-order valence-electron chi connectivity index (χ2n) is 5.61. The number of alkyl halides is 3. The SMILES string of the molecule is NC1=N[C@@]2(c3cc([N+](=O)[O-])cc(F)c3F)CO[C@H](C(F)(F)F)[C@H]2CS1. The monoisotopic (exact) mass is 383 g/mol. The molecule has 3 rings (SSSR count). The minimum Gasteiger partial charge on any atom is -0.379 e. The van der Waals surface area contributed by atoms with Crippen LogP contribution in [0.1, 0.15) is 5.56 Å². The number of nitrogens with two attached hydrogens (primary N) is 1. The van der Waals surface area contributed by atoms with Gasteiger partial charge in [0.15, 0.2) is 22.9 Å². The van der Waals surface area contributed by atoms with Gasteiger partial charge in [0.05, 0.1) is 17.6 Å². The van der Waals surface area contributed by atoms with Gasteiger partial charge in [-0.3, -0.25) is 10.1 Å². The number of thioether (sulfide) groups is 1. The molecular formula is C13H10F5N3O3S. The fourth-order valence-corrected chi connectivity index (χ4v) is 4.12. The van der Waals surface area contributed by atoms with E-state index in [4.69, 9.17) is 10.5 Å². The lowest BCUT2D eigenvalue weighted by molar-refractivity contribution is -0.385. The Balaban J connectivity index is 2.22. The molecule has 0 spiro atoms. The maximum absolute atomic E-state index is 14.4. The van der Waals surface area contributed by atoms with E-state index in [1.807, 2.05) is 0 Å². The summed E-state index contributed by atoms with van der Waals surface area (Å²) in [7, 11) is 0. The molecule has 25 heavy (non-hydrogen) atoms. The first kappa shape index (κ1) is 17.9. The third kappa shape index (κ3) is 2.82. The van der Waals surface area contributed by atoms with Crippen LogP contribution >= 0.6 is 11.8 Å². The van der Waals surface area contributed by atoms with Gasteiger partial charge in [-0.15, -0.1) is 0 Å². The third-order valence-corrected chi connectivity index (χ3v) is 5.11. The van der Waals surface area contributed by atoms with Gasteiger partial charge >= 0.3 is 6.18 Å². The fourth-order valence-electron chi connectivity index (χ4n) is 3.09. The molecule has 2 aliphatic heterocycles. The van der Waals surface area contributed by atoms with Crippen molar-refractivity contribution in [1.82, 2.24) is 0 Å². The molecule has 2 aliphatic rings. The van der Waals surface area contributed by atoms with Gasteiger partial charge in [0.1, 0.15) is 5.54 Å². The maximum Gasteiger partial charge on any atom is 0.415 e. The highest BCUT2D eigenvalue weighted by Gasteiger charge is 2.62. The standard InChI is InChI=1S/C13H10F5N3O3S/c14-8-2-5(21(22)23)1-6(9(8)15)12-4-24-10(13(16,17)18)7(12)3-25-11(19)20-12/h1-2,7,10H,3-4H2,(H2,19,20)/t7-,10+,12-/m1/s1. The number of nitrogens with zero attached hydrogens (tertiary/aromatic N) is 2. The first-order valence-electron chi connectivity index (χ1n) is 6.86. The molecule has 0 amide bonds. The number of fused-ring (bicyclic) bond motifs is 1. The molecule has 0 aromatic heterocycles.